The zero-order valence-electron chi connectivity index (χ0n) is 25.0. The third-order valence-corrected chi connectivity index (χ3v) is 7.66. The molecule has 2 atom stereocenters. The van der Waals surface area contributed by atoms with E-state index < -0.39 is 6.04 Å². The van der Waals surface area contributed by atoms with Crippen molar-refractivity contribution in [3.63, 3.8) is 0 Å². The number of carbonyl (C=O) groups is 3. The molecule has 11 nitrogen and oxygen atoms in total. The molecule has 4 bridgehead atoms. The van der Waals surface area contributed by atoms with E-state index >= 15 is 0 Å². The van der Waals surface area contributed by atoms with Gasteiger partial charge in [0.1, 0.15) is 17.6 Å². The number of rotatable bonds is 5. The Labute approximate surface area is 256 Å². The van der Waals surface area contributed by atoms with Gasteiger partial charge in [-0.05, 0) is 60.4 Å². The maximum atomic E-state index is 13.1. The number of ether oxygens (including phenoxy) is 4. The first-order valence-electron chi connectivity index (χ1n) is 14.7. The number of amides is 3. The lowest BCUT2D eigenvalue weighted by Crippen LogP contribution is -2.58. The Morgan fingerprint density at radius 2 is 1.73 bits per heavy atom. The second kappa shape index (κ2) is 14.6. The molecule has 5 heterocycles. The summed E-state index contributed by atoms with van der Waals surface area (Å²) in [6.07, 6.45) is 1.11. The third-order valence-electron chi connectivity index (χ3n) is 7.66. The molecule has 5 aliphatic rings. The van der Waals surface area contributed by atoms with Crippen molar-refractivity contribution in [3.05, 3.63) is 77.9 Å². The predicted molar refractivity (Wildman–Crippen MR) is 164 cm³/mol. The van der Waals surface area contributed by atoms with Crippen molar-refractivity contribution >= 4 is 23.4 Å². The predicted octanol–water partition coefficient (Wildman–Crippen LogP) is 2.92. The van der Waals surface area contributed by atoms with E-state index in [1.165, 1.54) is 7.11 Å². The molecule has 11 heteroatoms. The van der Waals surface area contributed by atoms with Gasteiger partial charge in [0.05, 0.1) is 32.5 Å². The average molecular weight is 603 g/mol. The van der Waals surface area contributed by atoms with E-state index in [0.29, 0.717) is 67.6 Å². The number of aryl methyl sites for hydroxylation is 1. The van der Waals surface area contributed by atoms with E-state index in [2.05, 4.69) is 16.0 Å². The third kappa shape index (κ3) is 8.19. The maximum absolute atomic E-state index is 13.1. The molecular formula is C33H38N4O7. The fraction of sp³-hybridized carbons (Fsp3) is 0.364. The highest BCUT2D eigenvalue weighted by Gasteiger charge is 2.33. The summed E-state index contributed by atoms with van der Waals surface area (Å²) in [4.78, 5) is 40.5. The van der Waals surface area contributed by atoms with Crippen molar-refractivity contribution < 1.29 is 33.3 Å². The molecule has 0 aromatic heterocycles. The summed E-state index contributed by atoms with van der Waals surface area (Å²) in [5, 5.41) is 8.94. The molecule has 3 aromatic rings. The van der Waals surface area contributed by atoms with Crippen LogP contribution in [0, 0.1) is 0 Å². The van der Waals surface area contributed by atoms with Crippen LogP contribution in [0.4, 0.5) is 5.69 Å². The van der Waals surface area contributed by atoms with Gasteiger partial charge in [0.2, 0.25) is 11.8 Å². The molecule has 0 radical (unpaired) electrons. The zero-order valence-corrected chi connectivity index (χ0v) is 25.0. The van der Waals surface area contributed by atoms with Gasteiger partial charge < -0.3 is 34.9 Å². The number of nitrogens with one attached hydrogen (secondary N) is 3. The number of piperidine rings is 1. The number of methoxy groups -OCH3 is 2. The first-order valence-corrected chi connectivity index (χ1v) is 14.7. The van der Waals surface area contributed by atoms with Gasteiger partial charge in [-0.25, -0.2) is 0 Å². The van der Waals surface area contributed by atoms with E-state index in [-0.39, 0.29) is 37.0 Å². The lowest BCUT2D eigenvalue weighted by molar-refractivity contribution is -0.125. The minimum absolute atomic E-state index is 0.0538. The van der Waals surface area contributed by atoms with Gasteiger partial charge in [0.15, 0.2) is 18.1 Å². The van der Waals surface area contributed by atoms with Crippen LogP contribution in [0.5, 0.6) is 23.0 Å². The molecule has 0 saturated carbocycles. The van der Waals surface area contributed by atoms with Crippen LogP contribution in [0.15, 0.2) is 66.7 Å². The quantitative estimate of drug-likeness (QED) is 0.407. The molecule has 5 aliphatic heterocycles. The number of hydrogen-bond acceptors (Lipinski definition) is 8. The van der Waals surface area contributed by atoms with Crippen LogP contribution in [-0.4, -0.2) is 75.2 Å². The lowest BCUT2D eigenvalue weighted by atomic mass is 10.0. The molecule has 232 valence electrons. The number of benzene rings is 3. The Hall–Kier alpha value is -4.77. The molecular weight excluding hydrogens is 564 g/mol. The van der Waals surface area contributed by atoms with Gasteiger partial charge in [-0.2, -0.15) is 0 Å². The largest absolute Gasteiger partial charge is 0.495 e. The van der Waals surface area contributed by atoms with Gasteiger partial charge in [0, 0.05) is 26.1 Å². The van der Waals surface area contributed by atoms with Crippen molar-refractivity contribution in [3.8, 4) is 23.0 Å². The molecule has 8 rings (SSSR count). The summed E-state index contributed by atoms with van der Waals surface area (Å²) in [6.45, 7) is 1.31. The van der Waals surface area contributed by atoms with Crippen LogP contribution in [-0.2, 0) is 27.3 Å². The van der Waals surface area contributed by atoms with E-state index in [4.69, 9.17) is 18.9 Å². The van der Waals surface area contributed by atoms with Gasteiger partial charge in [-0.15, -0.1) is 0 Å². The fourth-order valence-corrected chi connectivity index (χ4v) is 5.35. The van der Waals surface area contributed by atoms with Crippen LogP contribution in [0.25, 0.3) is 0 Å². The summed E-state index contributed by atoms with van der Waals surface area (Å²) in [5.41, 5.74) is 2.46. The van der Waals surface area contributed by atoms with Crippen molar-refractivity contribution in [1.29, 1.82) is 0 Å². The van der Waals surface area contributed by atoms with E-state index in [0.717, 1.165) is 11.1 Å². The van der Waals surface area contributed by atoms with E-state index in [1.54, 1.807) is 25.3 Å². The summed E-state index contributed by atoms with van der Waals surface area (Å²) < 4.78 is 23.0. The number of hydrogen-bond donors (Lipinski definition) is 3. The average Bonchev–Trinajstić information content (AvgIpc) is 3.03. The second-order valence-electron chi connectivity index (χ2n) is 10.8. The molecule has 0 aliphatic carbocycles. The van der Waals surface area contributed by atoms with Gasteiger partial charge >= 0.3 is 0 Å². The summed E-state index contributed by atoms with van der Waals surface area (Å²) >= 11 is 0. The van der Waals surface area contributed by atoms with Crippen molar-refractivity contribution in [1.82, 2.24) is 15.5 Å². The van der Waals surface area contributed by atoms with Crippen molar-refractivity contribution in [2.45, 2.75) is 38.0 Å². The molecule has 3 N–H and O–H groups in total. The van der Waals surface area contributed by atoms with Crippen LogP contribution in [0.2, 0.25) is 0 Å². The highest BCUT2D eigenvalue weighted by atomic mass is 16.5. The molecule has 44 heavy (non-hydrogen) atoms. The highest BCUT2D eigenvalue weighted by molar-refractivity contribution is 5.93. The number of carbonyl (C=O) groups excluding carboxylic acids is 3. The Morgan fingerprint density at radius 3 is 2.52 bits per heavy atom. The highest BCUT2D eigenvalue weighted by Crippen LogP contribution is 2.29. The Kier molecular flexibility index (Phi) is 10.2. The Balaban J connectivity index is 1.31. The van der Waals surface area contributed by atoms with Crippen LogP contribution >= 0.6 is 0 Å². The first-order chi connectivity index (χ1) is 21.4. The molecule has 1 saturated heterocycles. The Bertz CT molecular complexity index is 1460. The van der Waals surface area contributed by atoms with Gasteiger partial charge in [-0.1, -0.05) is 30.3 Å². The number of para-hydroxylation sites is 2. The number of anilines is 1. The van der Waals surface area contributed by atoms with Crippen LogP contribution < -0.4 is 34.9 Å². The zero-order chi connectivity index (χ0) is 30.9. The Morgan fingerprint density at radius 1 is 0.955 bits per heavy atom. The molecule has 3 aromatic carbocycles. The number of nitrogens with zero attached hydrogens (tertiary/aromatic N) is 1. The summed E-state index contributed by atoms with van der Waals surface area (Å²) in [6, 6.07) is 19.8. The van der Waals surface area contributed by atoms with Gasteiger partial charge in [0.25, 0.3) is 5.91 Å². The smallest absolute Gasteiger partial charge is 0.258 e. The molecule has 0 unspecified atom stereocenters. The normalized spacial score (nSPS) is 19.4. The van der Waals surface area contributed by atoms with Gasteiger partial charge in [-0.3, -0.25) is 19.3 Å². The minimum Gasteiger partial charge on any atom is -0.495 e. The summed E-state index contributed by atoms with van der Waals surface area (Å²) in [5.74, 6) is 1.58. The fourth-order valence-electron chi connectivity index (χ4n) is 5.35. The second-order valence-corrected chi connectivity index (χ2v) is 10.8. The lowest BCUT2D eigenvalue weighted by Gasteiger charge is -2.38. The monoisotopic (exact) mass is 602 g/mol. The SMILES string of the molecule is COc1ccccc1NC(=O)CN1CC[C@H]2Oc3ccc(cc3)CNC(=O)CCc3ccc(c(OC)c3)OCC(=O)N[C@@H]2C1. The first kappa shape index (κ1) is 30.7. The number of likely N-dealkylation sites (tertiary alicyclic amines) is 1. The standard InChI is InChI=1S/C33H38N4O7/c1-41-27-6-4-3-5-25(27)35-32(39)20-37-16-15-28-26(19-37)36-33(40)21-43-29-13-9-22(17-30(29)42-2)10-14-31(38)34-18-23-7-11-24(44-28)12-8-23/h3-9,11-13,17,26,28H,10,14-16,18-21H2,1-2H3,(H,34,38)(H,35,39)(H,36,40)/t26-,28-/m1/s1. The maximum Gasteiger partial charge on any atom is 0.258 e. The minimum atomic E-state index is -0.409. The topological polar surface area (TPSA) is 127 Å². The van der Waals surface area contributed by atoms with Crippen LogP contribution in [0.3, 0.4) is 0 Å². The van der Waals surface area contributed by atoms with Crippen molar-refractivity contribution in [2.75, 3.05) is 45.8 Å². The van der Waals surface area contributed by atoms with E-state index in [1.807, 2.05) is 53.4 Å². The molecule has 3 amide bonds. The van der Waals surface area contributed by atoms with Crippen molar-refractivity contribution in [2.24, 2.45) is 0 Å². The molecule has 1 fully saturated rings. The van der Waals surface area contributed by atoms with Crippen LogP contribution in [0.1, 0.15) is 24.0 Å². The molecule has 0 spiro atoms. The summed E-state index contributed by atoms with van der Waals surface area (Å²) in [7, 11) is 3.09. The van der Waals surface area contributed by atoms with E-state index in [9.17, 15) is 14.4 Å².